The number of aryl methyl sites for hydroxylation is 1. The molecule has 2 amide bonds. The minimum absolute atomic E-state index is 0.0174. The zero-order chi connectivity index (χ0) is 15.1. The molecule has 4 nitrogen and oxygen atoms in total. The smallest absolute Gasteiger partial charge is 0.223 e. The van der Waals surface area contributed by atoms with Crippen LogP contribution in [0.5, 0.6) is 0 Å². The number of rotatable bonds is 6. The summed E-state index contributed by atoms with van der Waals surface area (Å²) in [6, 6.07) is 5.41. The molecular formula is C15H21ClN2O2. The Morgan fingerprint density at radius 2 is 2.05 bits per heavy atom. The largest absolute Gasteiger partial charge is 0.354 e. The Bertz CT molecular complexity index is 489. The van der Waals surface area contributed by atoms with Crippen LogP contribution in [0.3, 0.4) is 0 Å². The van der Waals surface area contributed by atoms with Crippen LogP contribution >= 0.6 is 11.6 Å². The molecule has 1 N–H and O–H groups in total. The molecule has 0 aliphatic rings. The third-order valence-electron chi connectivity index (χ3n) is 2.96. The van der Waals surface area contributed by atoms with E-state index in [0.717, 1.165) is 17.7 Å². The first kappa shape index (κ1) is 16.5. The van der Waals surface area contributed by atoms with Crippen LogP contribution in [0.1, 0.15) is 32.3 Å². The maximum Gasteiger partial charge on any atom is 0.223 e. The number of anilines is 1. The first-order valence-corrected chi connectivity index (χ1v) is 7.14. The Hall–Kier alpha value is -1.55. The highest BCUT2D eigenvalue weighted by atomic mass is 35.5. The molecular weight excluding hydrogens is 276 g/mol. The second kappa shape index (κ2) is 7.90. The molecule has 0 heterocycles. The lowest BCUT2D eigenvalue weighted by molar-refractivity contribution is -0.121. The van der Waals surface area contributed by atoms with Gasteiger partial charge in [-0.2, -0.15) is 0 Å². The first-order chi connectivity index (χ1) is 9.45. The highest BCUT2D eigenvalue weighted by Gasteiger charge is 2.14. The molecule has 0 aliphatic carbocycles. The SMILES string of the molecule is CCCC(=O)NCCN(C(C)=O)c1ccc(Cl)cc1C. The summed E-state index contributed by atoms with van der Waals surface area (Å²) in [6.45, 7) is 6.28. The molecule has 0 bridgehead atoms. The fraction of sp³-hybridized carbons (Fsp3) is 0.467. The number of benzene rings is 1. The van der Waals surface area contributed by atoms with E-state index in [9.17, 15) is 9.59 Å². The van der Waals surface area contributed by atoms with Crippen LogP contribution < -0.4 is 10.2 Å². The standard InChI is InChI=1S/C15H21ClN2O2/c1-4-5-15(20)17-8-9-18(12(3)19)14-7-6-13(16)10-11(14)2/h6-7,10H,4-5,8-9H2,1-3H3,(H,17,20). The summed E-state index contributed by atoms with van der Waals surface area (Å²) in [4.78, 5) is 24.8. The van der Waals surface area contributed by atoms with Gasteiger partial charge in [-0.1, -0.05) is 18.5 Å². The van der Waals surface area contributed by atoms with Crippen LogP contribution in [0.4, 0.5) is 5.69 Å². The van der Waals surface area contributed by atoms with E-state index in [1.54, 1.807) is 11.0 Å². The minimum Gasteiger partial charge on any atom is -0.354 e. The van der Waals surface area contributed by atoms with Crippen LogP contribution in [0, 0.1) is 6.92 Å². The van der Waals surface area contributed by atoms with Crippen molar-refractivity contribution < 1.29 is 9.59 Å². The Labute approximate surface area is 125 Å². The quantitative estimate of drug-likeness (QED) is 0.877. The number of hydrogen-bond donors (Lipinski definition) is 1. The third-order valence-corrected chi connectivity index (χ3v) is 3.20. The molecule has 0 aliphatic heterocycles. The molecule has 1 aromatic carbocycles. The number of amides is 2. The zero-order valence-electron chi connectivity index (χ0n) is 12.2. The Kier molecular flexibility index (Phi) is 6.52. The van der Waals surface area contributed by atoms with Crippen molar-refractivity contribution in [2.24, 2.45) is 0 Å². The molecule has 1 rings (SSSR count). The third kappa shape index (κ3) is 4.85. The number of halogens is 1. The van der Waals surface area contributed by atoms with Crippen LogP contribution in [0.15, 0.2) is 18.2 Å². The molecule has 0 aromatic heterocycles. The monoisotopic (exact) mass is 296 g/mol. The number of nitrogens with one attached hydrogen (secondary N) is 1. The second-order valence-electron chi connectivity index (χ2n) is 4.70. The van der Waals surface area contributed by atoms with Crippen LogP contribution in [0.25, 0.3) is 0 Å². The second-order valence-corrected chi connectivity index (χ2v) is 5.14. The summed E-state index contributed by atoms with van der Waals surface area (Å²) in [6.07, 6.45) is 1.33. The average Bonchev–Trinajstić information content (AvgIpc) is 2.36. The molecule has 0 saturated heterocycles. The van der Waals surface area contributed by atoms with Crippen molar-refractivity contribution in [2.75, 3.05) is 18.0 Å². The Morgan fingerprint density at radius 3 is 2.60 bits per heavy atom. The maximum atomic E-state index is 11.8. The predicted molar refractivity (Wildman–Crippen MR) is 82.1 cm³/mol. The van der Waals surface area contributed by atoms with Gasteiger partial charge in [-0.3, -0.25) is 9.59 Å². The minimum atomic E-state index is -0.0554. The molecule has 0 unspecified atom stereocenters. The zero-order valence-corrected chi connectivity index (χ0v) is 13.0. The van der Waals surface area contributed by atoms with Gasteiger partial charge in [0.25, 0.3) is 0 Å². The lowest BCUT2D eigenvalue weighted by atomic mass is 10.2. The topological polar surface area (TPSA) is 49.4 Å². The van der Waals surface area contributed by atoms with Gasteiger partial charge in [0.2, 0.25) is 11.8 Å². The van der Waals surface area contributed by atoms with Gasteiger partial charge in [0, 0.05) is 37.1 Å². The highest BCUT2D eigenvalue weighted by Crippen LogP contribution is 2.23. The van der Waals surface area contributed by atoms with E-state index in [-0.39, 0.29) is 11.8 Å². The van der Waals surface area contributed by atoms with E-state index in [1.807, 2.05) is 26.0 Å². The van der Waals surface area contributed by atoms with Crippen LogP contribution in [-0.2, 0) is 9.59 Å². The van der Waals surface area contributed by atoms with Gasteiger partial charge in [0.1, 0.15) is 0 Å². The molecule has 110 valence electrons. The fourth-order valence-corrected chi connectivity index (χ4v) is 2.22. The van der Waals surface area contributed by atoms with Gasteiger partial charge in [-0.25, -0.2) is 0 Å². The van der Waals surface area contributed by atoms with Crippen molar-refractivity contribution in [1.29, 1.82) is 0 Å². The molecule has 0 atom stereocenters. The Balaban J connectivity index is 2.70. The normalized spacial score (nSPS) is 10.2. The number of nitrogens with zero attached hydrogens (tertiary/aromatic N) is 1. The summed E-state index contributed by atoms with van der Waals surface area (Å²) < 4.78 is 0. The van der Waals surface area contributed by atoms with E-state index in [1.165, 1.54) is 6.92 Å². The number of carbonyl (C=O) groups excluding carboxylic acids is 2. The van der Waals surface area contributed by atoms with Gasteiger partial charge in [-0.05, 0) is 37.1 Å². The van der Waals surface area contributed by atoms with E-state index < -0.39 is 0 Å². The summed E-state index contributed by atoms with van der Waals surface area (Å²) in [7, 11) is 0. The average molecular weight is 297 g/mol. The van der Waals surface area contributed by atoms with E-state index in [2.05, 4.69) is 5.32 Å². The summed E-state index contributed by atoms with van der Waals surface area (Å²) in [5.41, 5.74) is 1.76. The lowest BCUT2D eigenvalue weighted by Crippen LogP contribution is -2.37. The fourth-order valence-electron chi connectivity index (χ4n) is 1.99. The molecule has 20 heavy (non-hydrogen) atoms. The summed E-state index contributed by atoms with van der Waals surface area (Å²) >= 11 is 5.92. The van der Waals surface area contributed by atoms with Crippen molar-refractivity contribution in [3.8, 4) is 0 Å². The Morgan fingerprint density at radius 1 is 1.35 bits per heavy atom. The van der Waals surface area contributed by atoms with E-state index in [4.69, 9.17) is 11.6 Å². The molecule has 1 aromatic rings. The maximum absolute atomic E-state index is 11.8. The van der Waals surface area contributed by atoms with Gasteiger partial charge in [0.05, 0.1) is 0 Å². The molecule has 0 radical (unpaired) electrons. The molecule has 0 spiro atoms. The molecule has 0 saturated carbocycles. The van der Waals surface area contributed by atoms with Crippen molar-refractivity contribution in [1.82, 2.24) is 5.32 Å². The molecule has 5 heteroatoms. The van der Waals surface area contributed by atoms with Gasteiger partial charge in [-0.15, -0.1) is 0 Å². The summed E-state index contributed by atoms with van der Waals surface area (Å²) in [5.74, 6) is -0.0380. The van der Waals surface area contributed by atoms with Crippen LogP contribution in [-0.4, -0.2) is 24.9 Å². The van der Waals surface area contributed by atoms with Crippen molar-refractivity contribution >= 4 is 29.1 Å². The van der Waals surface area contributed by atoms with Crippen molar-refractivity contribution in [3.63, 3.8) is 0 Å². The first-order valence-electron chi connectivity index (χ1n) is 6.76. The van der Waals surface area contributed by atoms with Crippen LogP contribution in [0.2, 0.25) is 5.02 Å². The van der Waals surface area contributed by atoms with Crippen molar-refractivity contribution in [3.05, 3.63) is 28.8 Å². The van der Waals surface area contributed by atoms with E-state index in [0.29, 0.717) is 24.5 Å². The van der Waals surface area contributed by atoms with Gasteiger partial charge in [0.15, 0.2) is 0 Å². The van der Waals surface area contributed by atoms with Crippen molar-refractivity contribution in [2.45, 2.75) is 33.6 Å². The van der Waals surface area contributed by atoms with E-state index >= 15 is 0 Å². The highest BCUT2D eigenvalue weighted by molar-refractivity contribution is 6.30. The summed E-state index contributed by atoms with van der Waals surface area (Å²) in [5, 5.41) is 3.46. The van der Waals surface area contributed by atoms with Gasteiger partial charge >= 0.3 is 0 Å². The molecule has 0 fully saturated rings. The number of carbonyl (C=O) groups is 2. The van der Waals surface area contributed by atoms with Gasteiger partial charge < -0.3 is 10.2 Å². The predicted octanol–water partition coefficient (Wildman–Crippen LogP) is 2.92. The number of hydrogen-bond acceptors (Lipinski definition) is 2. The lowest BCUT2D eigenvalue weighted by Gasteiger charge is -2.23.